The van der Waals surface area contributed by atoms with Crippen LogP contribution in [0.2, 0.25) is 0 Å². The summed E-state index contributed by atoms with van der Waals surface area (Å²) in [7, 11) is 0. The van der Waals surface area contributed by atoms with Gasteiger partial charge in [-0.3, -0.25) is 4.79 Å². The predicted octanol–water partition coefficient (Wildman–Crippen LogP) is 3.90. The minimum absolute atomic E-state index is 0.0670. The van der Waals surface area contributed by atoms with Gasteiger partial charge in [0.05, 0.1) is 5.41 Å². The first kappa shape index (κ1) is 24.5. The molecule has 0 atom stereocenters. The lowest BCUT2D eigenvalue weighted by Gasteiger charge is -2.46. The third-order valence-electron chi connectivity index (χ3n) is 7.10. The number of alkyl halides is 6. The third kappa shape index (κ3) is 4.40. The van der Waals surface area contributed by atoms with Gasteiger partial charge >= 0.3 is 18.4 Å². The highest BCUT2D eigenvalue weighted by molar-refractivity contribution is 5.92. The SMILES string of the molecule is Cc1ncc(C2(C(=O)N3CCCC34CCN(C(=O)OC(C(F)(F)F)C(F)(F)F)CC4)CC2)cn1. The fourth-order valence-electron chi connectivity index (χ4n) is 5.02. The van der Waals surface area contributed by atoms with Gasteiger partial charge in [0.1, 0.15) is 5.82 Å². The predicted molar refractivity (Wildman–Crippen MR) is 105 cm³/mol. The van der Waals surface area contributed by atoms with E-state index in [1.54, 1.807) is 24.2 Å². The van der Waals surface area contributed by atoms with Crippen LogP contribution in [0.4, 0.5) is 31.1 Å². The summed E-state index contributed by atoms with van der Waals surface area (Å²) in [5.41, 5.74) is -0.563. The fraction of sp³-hybridized carbons (Fsp3) is 0.714. The highest BCUT2D eigenvalue weighted by Crippen LogP contribution is 2.52. The number of carbonyl (C=O) groups excluding carboxylic acids is 2. The lowest BCUT2D eigenvalue weighted by Crippen LogP contribution is -2.57. The van der Waals surface area contributed by atoms with Gasteiger partial charge in [-0.15, -0.1) is 0 Å². The number of carbonyl (C=O) groups is 2. The van der Waals surface area contributed by atoms with Crippen LogP contribution >= 0.6 is 0 Å². The van der Waals surface area contributed by atoms with E-state index < -0.39 is 35.5 Å². The first-order valence-electron chi connectivity index (χ1n) is 11.0. The standard InChI is InChI=1S/C21H24F6N4O3/c1-13-28-11-14(12-29-13)19(4-5-19)16(32)31-8-2-3-18(31)6-9-30(10-7-18)17(33)34-15(20(22,23)24)21(25,26)27/h11-12,15H,2-10H2,1H3. The van der Waals surface area contributed by atoms with Crippen molar-refractivity contribution in [3.8, 4) is 0 Å². The number of piperidine rings is 1. The normalized spacial score (nSPS) is 21.8. The Morgan fingerprint density at radius 1 is 0.941 bits per heavy atom. The first-order valence-corrected chi connectivity index (χ1v) is 11.0. The van der Waals surface area contributed by atoms with Crippen LogP contribution in [0.15, 0.2) is 12.4 Å². The zero-order valence-corrected chi connectivity index (χ0v) is 18.4. The largest absolute Gasteiger partial charge is 0.434 e. The number of aryl methyl sites for hydroxylation is 1. The summed E-state index contributed by atoms with van der Waals surface area (Å²) in [5, 5.41) is 0. The smallest absolute Gasteiger partial charge is 0.426 e. The molecule has 1 spiro atoms. The third-order valence-corrected chi connectivity index (χ3v) is 7.10. The second kappa shape index (κ2) is 8.26. The molecule has 0 aromatic carbocycles. The Labute approximate surface area is 191 Å². The molecule has 0 bridgehead atoms. The van der Waals surface area contributed by atoms with E-state index in [2.05, 4.69) is 14.7 Å². The highest BCUT2D eigenvalue weighted by atomic mass is 19.4. The van der Waals surface area contributed by atoms with Gasteiger partial charge in [-0.1, -0.05) is 0 Å². The van der Waals surface area contributed by atoms with Gasteiger partial charge in [-0.25, -0.2) is 14.8 Å². The summed E-state index contributed by atoms with van der Waals surface area (Å²) in [6.07, 6.45) is -10.9. The summed E-state index contributed by atoms with van der Waals surface area (Å²) in [4.78, 5) is 36.7. The van der Waals surface area contributed by atoms with E-state index in [1.165, 1.54) is 0 Å². The molecule has 13 heteroatoms. The van der Waals surface area contributed by atoms with E-state index in [0.717, 1.165) is 16.9 Å². The molecule has 3 fully saturated rings. The lowest BCUT2D eigenvalue weighted by molar-refractivity contribution is -0.308. The summed E-state index contributed by atoms with van der Waals surface area (Å²) in [6.45, 7) is 2.03. The average molecular weight is 494 g/mol. The lowest BCUT2D eigenvalue weighted by atomic mass is 9.83. The number of nitrogens with zero attached hydrogens (tertiary/aromatic N) is 4. The molecule has 7 nitrogen and oxygen atoms in total. The number of amides is 2. The Morgan fingerprint density at radius 2 is 1.50 bits per heavy atom. The van der Waals surface area contributed by atoms with Gasteiger partial charge in [-0.2, -0.15) is 26.3 Å². The van der Waals surface area contributed by atoms with Crippen molar-refractivity contribution >= 4 is 12.0 Å². The molecule has 0 N–H and O–H groups in total. The van der Waals surface area contributed by atoms with Gasteiger partial charge in [0.15, 0.2) is 0 Å². The van der Waals surface area contributed by atoms with Crippen molar-refractivity contribution in [1.82, 2.24) is 19.8 Å². The van der Waals surface area contributed by atoms with Crippen molar-refractivity contribution in [2.24, 2.45) is 0 Å². The van der Waals surface area contributed by atoms with Crippen LogP contribution in [0.5, 0.6) is 0 Å². The maximum Gasteiger partial charge on any atom is 0.434 e. The number of halogens is 6. The Bertz CT molecular complexity index is 923. The Morgan fingerprint density at radius 3 is 2.00 bits per heavy atom. The number of aromatic nitrogens is 2. The van der Waals surface area contributed by atoms with E-state index in [0.29, 0.717) is 31.6 Å². The quantitative estimate of drug-likeness (QED) is 0.596. The first-order chi connectivity index (χ1) is 15.8. The monoisotopic (exact) mass is 494 g/mol. The maximum absolute atomic E-state index is 13.6. The van der Waals surface area contributed by atoms with Crippen LogP contribution in [-0.2, 0) is 14.9 Å². The number of hydrogen-bond acceptors (Lipinski definition) is 5. The summed E-state index contributed by atoms with van der Waals surface area (Å²) >= 11 is 0. The molecule has 1 saturated carbocycles. The summed E-state index contributed by atoms with van der Waals surface area (Å²) in [5.74, 6) is 0.518. The van der Waals surface area contributed by atoms with Crippen LogP contribution in [0.1, 0.15) is 49.9 Å². The second-order valence-corrected chi connectivity index (χ2v) is 9.22. The zero-order valence-electron chi connectivity index (χ0n) is 18.4. The second-order valence-electron chi connectivity index (χ2n) is 9.22. The maximum atomic E-state index is 13.6. The van der Waals surface area contributed by atoms with E-state index in [4.69, 9.17) is 0 Å². The van der Waals surface area contributed by atoms with Gasteiger partial charge in [0, 0.05) is 43.1 Å². The van der Waals surface area contributed by atoms with Crippen LogP contribution in [0, 0.1) is 6.92 Å². The molecule has 0 radical (unpaired) electrons. The van der Waals surface area contributed by atoms with E-state index >= 15 is 0 Å². The molecule has 188 valence electrons. The molecule has 2 aliphatic heterocycles. The molecule has 2 saturated heterocycles. The number of rotatable bonds is 3. The van der Waals surface area contributed by atoms with Gasteiger partial charge in [0.25, 0.3) is 6.10 Å². The fourth-order valence-corrected chi connectivity index (χ4v) is 5.02. The van der Waals surface area contributed by atoms with Crippen molar-refractivity contribution in [3.05, 3.63) is 23.8 Å². The van der Waals surface area contributed by atoms with Crippen molar-refractivity contribution in [2.45, 2.75) is 74.9 Å². The minimum atomic E-state index is -5.77. The molecular formula is C21H24F6N4O3. The number of likely N-dealkylation sites (tertiary alicyclic amines) is 2. The zero-order chi connectivity index (χ0) is 24.9. The number of ether oxygens (including phenoxy) is 1. The van der Waals surface area contributed by atoms with Crippen molar-refractivity contribution in [2.75, 3.05) is 19.6 Å². The van der Waals surface area contributed by atoms with Crippen LogP contribution in [-0.4, -0.2) is 75.4 Å². The van der Waals surface area contributed by atoms with E-state index in [1.807, 2.05) is 0 Å². The van der Waals surface area contributed by atoms with Crippen molar-refractivity contribution < 1.29 is 40.7 Å². The van der Waals surface area contributed by atoms with Gasteiger partial charge < -0.3 is 14.5 Å². The highest BCUT2D eigenvalue weighted by Gasteiger charge is 2.61. The average Bonchev–Trinajstić information content (AvgIpc) is 3.47. The summed E-state index contributed by atoms with van der Waals surface area (Å²) in [6, 6.07) is 0. The van der Waals surface area contributed by atoms with Crippen LogP contribution < -0.4 is 0 Å². The van der Waals surface area contributed by atoms with E-state index in [-0.39, 0.29) is 31.8 Å². The molecule has 3 heterocycles. The molecule has 3 aliphatic rings. The molecule has 4 rings (SSSR count). The molecule has 1 aromatic heterocycles. The van der Waals surface area contributed by atoms with Gasteiger partial charge in [-0.05, 0) is 45.4 Å². The molecule has 34 heavy (non-hydrogen) atoms. The molecule has 1 aliphatic carbocycles. The molecule has 0 unspecified atom stereocenters. The Balaban J connectivity index is 1.43. The Kier molecular flexibility index (Phi) is 5.96. The molecular weight excluding hydrogens is 470 g/mol. The molecule has 2 amide bonds. The summed E-state index contributed by atoms with van der Waals surface area (Å²) < 4.78 is 80.2. The van der Waals surface area contributed by atoms with Crippen LogP contribution in [0.25, 0.3) is 0 Å². The van der Waals surface area contributed by atoms with E-state index in [9.17, 15) is 35.9 Å². The minimum Gasteiger partial charge on any atom is -0.426 e. The number of hydrogen-bond donors (Lipinski definition) is 0. The van der Waals surface area contributed by atoms with Crippen molar-refractivity contribution in [1.29, 1.82) is 0 Å². The van der Waals surface area contributed by atoms with Crippen molar-refractivity contribution in [3.63, 3.8) is 0 Å². The Hall–Kier alpha value is -2.60. The van der Waals surface area contributed by atoms with Crippen LogP contribution in [0.3, 0.4) is 0 Å². The molecule has 1 aromatic rings. The topological polar surface area (TPSA) is 75.6 Å². The van der Waals surface area contributed by atoms with Gasteiger partial charge in [0.2, 0.25) is 5.91 Å².